The molecule has 1 atom stereocenters. The van der Waals surface area contributed by atoms with Crippen molar-refractivity contribution in [2.75, 3.05) is 16.2 Å². The Labute approximate surface area is 210 Å². The van der Waals surface area contributed by atoms with Crippen molar-refractivity contribution in [3.05, 3.63) is 22.7 Å². The fourth-order valence-electron chi connectivity index (χ4n) is 3.55. The minimum Gasteiger partial charge on any atom is -0.455 e. The smallest absolute Gasteiger partial charge is 0.455 e. The van der Waals surface area contributed by atoms with Crippen LogP contribution in [0, 0.1) is 5.92 Å². The van der Waals surface area contributed by atoms with Gasteiger partial charge in [0.15, 0.2) is 0 Å². The largest absolute Gasteiger partial charge is 0.461 e. The van der Waals surface area contributed by atoms with Gasteiger partial charge in [-0.2, -0.15) is 13.2 Å². The zero-order chi connectivity index (χ0) is 26.0. The Kier molecular flexibility index (Phi) is 8.30. The number of nitrogens with zero attached hydrogens (tertiary/aromatic N) is 5. The van der Waals surface area contributed by atoms with Crippen molar-refractivity contribution in [1.29, 1.82) is 0 Å². The standard InChI is InChI=1S/C22H29F3N6O2S2/c1-12(2)11-31-13(3)7-8-14-9-15(16(10-17(14)31)30-35-22(23,24)25)26-28-20-29-27-18(34-20)19(32)33-21(4,5)6/h9-10,12-13,30H,7-8,11H2,1-6H3. The highest BCUT2D eigenvalue weighted by Crippen LogP contribution is 2.42. The number of aromatic nitrogens is 2. The number of carbonyl (C=O) groups is 1. The minimum absolute atomic E-state index is 0.0172. The van der Waals surface area contributed by atoms with E-state index in [1.165, 1.54) is 0 Å². The Morgan fingerprint density at radius 1 is 1.29 bits per heavy atom. The van der Waals surface area contributed by atoms with Gasteiger partial charge in [-0.25, -0.2) is 4.79 Å². The number of halogens is 3. The average molecular weight is 531 g/mol. The van der Waals surface area contributed by atoms with Gasteiger partial charge in [0.1, 0.15) is 11.3 Å². The van der Waals surface area contributed by atoms with E-state index in [1.807, 2.05) is 0 Å². The van der Waals surface area contributed by atoms with Crippen LogP contribution in [0.25, 0.3) is 0 Å². The molecule has 1 N–H and O–H groups in total. The van der Waals surface area contributed by atoms with Gasteiger partial charge in [-0.15, -0.1) is 20.4 Å². The number of carbonyl (C=O) groups excluding carboxylic acids is 1. The van der Waals surface area contributed by atoms with Crippen molar-refractivity contribution >= 4 is 51.4 Å². The van der Waals surface area contributed by atoms with Gasteiger partial charge >= 0.3 is 11.5 Å². The van der Waals surface area contributed by atoms with Crippen molar-refractivity contribution < 1.29 is 22.7 Å². The van der Waals surface area contributed by atoms with Crippen LogP contribution in [0.3, 0.4) is 0 Å². The number of ether oxygens (including phenoxy) is 1. The van der Waals surface area contributed by atoms with E-state index in [4.69, 9.17) is 4.74 Å². The first kappa shape index (κ1) is 27.2. The normalized spacial score (nSPS) is 16.6. The van der Waals surface area contributed by atoms with Gasteiger partial charge in [-0.1, -0.05) is 25.2 Å². The van der Waals surface area contributed by atoms with Crippen LogP contribution in [0.2, 0.25) is 0 Å². The molecule has 1 aromatic heterocycles. The monoisotopic (exact) mass is 530 g/mol. The Bertz CT molecular complexity index is 1080. The van der Waals surface area contributed by atoms with Crippen LogP contribution in [0.1, 0.15) is 63.3 Å². The lowest BCUT2D eigenvalue weighted by Crippen LogP contribution is -2.39. The van der Waals surface area contributed by atoms with E-state index >= 15 is 0 Å². The van der Waals surface area contributed by atoms with Crippen LogP contribution in [-0.4, -0.2) is 39.9 Å². The first-order valence-corrected chi connectivity index (χ1v) is 12.8. The van der Waals surface area contributed by atoms with Crippen molar-refractivity contribution in [3.8, 4) is 0 Å². The van der Waals surface area contributed by atoms with E-state index in [0.717, 1.165) is 42.0 Å². The van der Waals surface area contributed by atoms with Crippen LogP contribution in [0.5, 0.6) is 0 Å². The fraction of sp³-hybridized carbons (Fsp3) is 0.591. The third kappa shape index (κ3) is 7.79. The topological polar surface area (TPSA) is 92.1 Å². The number of esters is 1. The number of fused-ring (bicyclic) bond motifs is 1. The third-order valence-corrected chi connectivity index (χ3v) is 6.28. The van der Waals surface area contributed by atoms with Crippen LogP contribution in [-0.2, 0) is 11.2 Å². The van der Waals surface area contributed by atoms with Gasteiger partial charge in [0.25, 0.3) is 5.13 Å². The summed E-state index contributed by atoms with van der Waals surface area (Å²) < 4.78 is 46.5. The average Bonchev–Trinajstić information content (AvgIpc) is 3.20. The minimum atomic E-state index is -4.48. The molecule has 0 bridgehead atoms. The summed E-state index contributed by atoms with van der Waals surface area (Å²) >= 11 is 0.535. The van der Waals surface area contributed by atoms with Gasteiger partial charge in [0, 0.05) is 18.3 Å². The maximum atomic E-state index is 12.9. The highest BCUT2D eigenvalue weighted by atomic mass is 32.2. The number of nitrogens with one attached hydrogen (secondary N) is 1. The summed E-state index contributed by atoms with van der Waals surface area (Å²) in [7, 11) is 0. The maximum Gasteiger partial charge on any atom is 0.461 e. The van der Waals surface area contributed by atoms with E-state index in [9.17, 15) is 18.0 Å². The zero-order valence-corrected chi connectivity index (χ0v) is 22.1. The van der Waals surface area contributed by atoms with Gasteiger partial charge in [-0.05, 0) is 64.2 Å². The molecule has 3 rings (SSSR count). The fourth-order valence-corrected chi connectivity index (χ4v) is 4.48. The van der Waals surface area contributed by atoms with Crippen molar-refractivity contribution in [3.63, 3.8) is 0 Å². The van der Waals surface area contributed by atoms with Gasteiger partial charge in [0.05, 0.1) is 17.6 Å². The molecule has 192 valence electrons. The summed E-state index contributed by atoms with van der Waals surface area (Å²) in [6, 6.07) is 3.73. The second kappa shape index (κ2) is 10.7. The summed E-state index contributed by atoms with van der Waals surface area (Å²) in [4.78, 5) is 14.4. The number of hydrogen-bond donors (Lipinski definition) is 1. The number of benzene rings is 1. The predicted molar refractivity (Wildman–Crippen MR) is 133 cm³/mol. The lowest BCUT2D eigenvalue weighted by atomic mass is 9.94. The molecule has 8 nitrogen and oxygen atoms in total. The van der Waals surface area contributed by atoms with Gasteiger partial charge < -0.3 is 14.4 Å². The molecule has 0 saturated carbocycles. The molecule has 1 aliphatic heterocycles. The number of anilines is 2. The van der Waals surface area contributed by atoms with E-state index in [0.29, 0.717) is 5.92 Å². The molecule has 0 radical (unpaired) electrons. The Morgan fingerprint density at radius 3 is 2.63 bits per heavy atom. The molecule has 0 spiro atoms. The summed E-state index contributed by atoms with van der Waals surface area (Å²) in [5.74, 6) is -0.242. The molecule has 0 fully saturated rings. The Balaban J connectivity index is 1.92. The van der Waals surface area contributed by atoms with Gasteiger partial charge in [0.2, 0.25) is 5.01 Å². The van der Waals surface area contributed by atoms with E-state index in [2.05, 4.69) is 50.8 Å². The van der Waals surface area contributed by atoms with Crippen molar-refractivity contribution in [1.82, 2.24) is 10.2 Å². The SMILES string of the molecule is CC(C)CN1c2cc(NSC(F)(F)F)c(N=Nc3nnc(C(=O)OC(C)(C)C)s3)cc2CCC1C. The van der Waals surface area contributed by atoms with E-state index < -0.39 is 17.1 Å². The molecule has 1 aliphatic rings. The summed E-state index contributed by atoms with van der Waals surface area (Å²) in [5.41, 5.74) is -2.85. The van der Waals surface area contributed by atoms with E-state index in [1.54, 1.807) is 32.9 Å². The number of rotatable bonds is 7. The summed E-state index contributed by atoms with van der Waals surface area (Å²) in [6.45, 7) is 12.3. The third-order valence-electron chi connectivity index (χ3n) is 4.94. The quantitative estimate of drug-likeness (QED) is 0.228. The van der Waals surface area contributed by atoms with Gasteiger partial charge in [-0.3, -0.25) is 0 Å². The summed E-state index contributed by atoms with van der Waals surface area (Å²) in [6.07, 6.45) is 1.71. The second-order valence-electron chi connectivity index (χ2n) is 9.67. The second-order valence-corrected chi connectivity index (χ2v) is 11.5. The molecule has 0 saturated heterocycles. The predicted octanol–water partition coefficient (Wildman–Crippen LogP) is 7.29. The Morgan fingerprint density at radius 2 is 2.00 bits per heavy atom. The number of azo groups is 1. The molecular weight excluding hydrogens is 501 g/mol. The first-order chi connectivity index (χ1) is 16.2. The molecular formula is C22H29F3N6O2S2. The van der Waals surface area contributed by atoms with Crippen molar-refractivity contribution in [2.45, 2.75) is 71.5 Å². The molecule has 0 amide bonds. The lowest BCUT2D eigenvalue weighted by Gasteiger charge is -2.38. The van der Waals surface area contributed by atoms with Crippen LogP contribution in [0.4, 0.5) is 35.4 Å². The highest BCUT2D eigenvalue weighted by Gasteiger charge is 2.31. The van der Waals surface area contributed by atoms with Crippen LogP contribution >= 0.6 is 23.3 Å². The lowest BCUT2D eigenvalue weighted by molar-refractivity contribution is -0.0324. The maximum absolute atomic E-state index is 12.9. The summed E-state index contributed by atoms with van der Waals surface area (Å²) in [5, 5.41) is 15.9. The highest BCUT2D eigenvalue weighted by molar-refractivity contribution is 8.01. The Hall–Kier alpha value is -2.41. The van der Waals surface area contributed by atoms with Crippen molar-refractivity contribution in [2.24, 2.45) is 16.1 Å². The number of hydrogen-bond acceptors (Lipinski definition) is 10. The molecule has 2 heterocycles. The molecule has 13 heteroatoms. The number of aryl methyl sites for hydroxylation is 1. The van der Waals surface area contributed by atoms with Crippen LogP contribution in [0.15, 0.2) is 22.4 Å². The van der Waals surface area contributed by atoms with E-state index in [-0.39, 0.29) is 39.5 Å². The number of alkyl halides is 3. The molecule has 2 aromatic rings. The molecule has 1 unspecified atom stereocenters. The first-order valence-electron chi connectivity index (χ1n) is 11.1. The molecule has 35 heavy (non-hydrogen) atoms. The van der Waals surface area contributed by atoms with Crippen LogP contribution < -0.4 is 9.62 Å². The zero-order valence-electron chi connectivity index (χ0n) is 20.4. The molecule has 1 aromatic carbocycles. The molecule has 0 aliphatic carbocycles.